The summed E-state index contributed by atoms with van der Waals surface area (Å²) in [6.45, 7) is 8.82. The highest BCUT2D eigenvalue weighted by atomic mass is 35.5. The van der Waals surface area contributed by atoms with Crippen LogP contribution in [0.4, 0.5) is 0 Å². The van der Waals surface area contributed by atoms with Crippen LogP contribution in [0.1, 0.15) is 18.1 Å². The second-order valence-electron chi connectivity index (χ2n) is 5.55. The molecule has 0 aromatic heterocycles. The van der Waals surface area contributed by atoms with E-state index in [9.17, 15) is 0 Å². The summed E-state index contributed by atoms with van der Waals surface area (Å²) < 4.78 is 11.4. The van der Waals surface area contributed by atoms with Crippen LogP contribution in [-0.4, -0.2) is 50.8 Å². The van der Waals surface area contributed by atoms with Gasteiger partial charge in [0.2, 0.25) is 0 Å². The summed E-state index contributed by atoms with van der Waals surface area (Å²) in [6, 6.07) is 2.13. The van der Waals surface area contributed by atoms with Gasteiger partial charge in [0.25, 0.3) is 0 Å². The molecule has 2 aliphatic rings. The summed E-state index contributed by atoms with van der Waals surface area (Å²) in [5, 5.41) is 4.13. The minimum Gasteiger partial charge on any atom is -0.486 e. The van der Waals surface area contributed by atoms with Crippen LogP contribution in [-0.2, 0) is 12.8 Å². The fraction of sp³-hybridized carbons (Fsp3) is 0.625. The van der Waals surface area contributed by atoms with Crippen molar-refractivity contribution in [1.29, 1.82) is 0 Å². The Bertz CT molecular complexity index is 502. The zero-order valence-electron chi connectivity index (χ0n) is 12.6. The standard InChI is InChI=1S/C16H23ClN2O2/c1-2-13-12(3-6-19-7-4-18-5-8-19)11-14-16(15(13)17)21-10-9-20-14/h11,18H,2-10H2,1H3. The number of piperazine rings is 1. The smallest absolute Gasteiger partial charge is 0.180 e. The fourth-order valence-corrected chi connectivity index (χ4v) is 3.46. The van der Waals surface area contributed by atoms with Gasteiger partial charge in [0.15, 0.2) is 11.5 Å². The number of nitrogens with one attached hydrogen (secondary N) is 1. The van der Waals surface area contributed by atoms with Gasteiger partial charge in [0.05, 0.1) is 5.02 Å². The molecule has 0 aliphatic carbocycles. The van der Waals surface area contributed by atoms with Crippen molar-refractivity contribution >= 4 is 11.6 Å². The lowest BCUT2D eigenvalue weighted by Crippen LogP contribution is -2.44. The van der Waals surface area contributed by atoms with Crippen molar-refractivity contribution in [2.45, 2.75) is 19.8 Å². The number of hydrogen-bond donors (Lipinski definition) is 1. The van der Waals surface area contributed by atoms with Gasteiger partial charge in [-0.2, -0.15) is 0 Å². The predicted octanol–water partition coefficient (Wildman–Crippen LogP) is 2.12. The topological polar surface area (TPSA) is 33.7 Å². The van der Waals surface area contributed by atoms with Crippen molar-refractivity contribution in [2.24, 2.45) is 0 Å². The molecule has 2 heterocycles. The maximum atomic E-state index is 6.52. The van der Waals surface area contributed by atoms with E-state index in [4.69, 9.17) is 21.1 Å². The highest BCUT2D eigenvalue weighted by molar-refractivity contribution is 6.33. The Morgan fingerprint density at radius 3 is 2.76 bits per heavy atom. The number of nitrogens with zero attached hydrogens (tertiary/aromatic N) is 1. The Hall–Kier alpha value is -0.970. The first-order valence-corrected chi connectivity index (χ1v) is 8.20. The lowest BCUT2D eigenvalue weighted by Gasteiger charge is -2.28. The van der Waals surface area contributed by atoms with Crippen LogP contribution in [0.5, 0.6) is 11.5 Å². The molecule has 1 N–H and O–H groups in total. The first kappa shape index (κ1) is 14.9. The summed E-state index contributed by atoms with van der Waals surface area (Å²) in [5.41, 5.74) is 2.50. The van der Waals surface area contributed by atoms with Gasteiger partial charge in [0.1, 0.15) is 13.2 Å². The lowest BCUT2D eigenvalue weighted by atomic mass is 10.0. The Kier molecular flexibility index (Phi) is 4.88. The van der Waals surface area contributed by atoms with Crippen molar-refractivity contribution in [1.82, 2.24) is 10.2 Å². The van der Waals surface area contributed by atoms with E-state index in [0.29, 0.717) is 13.2 Å². The largest absolute Gasteiger partial charge is 0.486 e. The van der Waals surface area contributed by atoms with Gasteiger partial charge in [-0.3, -0.25) is 0 Å². The molecule has 0 spiro atoms. The molecule has 21 heavy (non-hydrogen) atoms. The van der Waals surface area contributed by atoms with Crippen LogP contribution >= 0.6 is 11.6 Å². The minimum atomic E-state index is 0.579. The monoisotopic (exact) mass is 310 g/mol. The molecular formula is C16H23ClN2O2. The van der Waals surface area contributed by atoms with E-state index in [-0.39, 0.29) is 0 Å². The van der Waals surface area contributed by atoms with E-state index in [1.54, 1.807) is 0 Å². The molecule has 1 aromatic rings. The van der Waals surface area contributed by atoms with Crippen LogP contribution in [0.15, 0.2) is 6.07 Å². The molecule has 0 amide bonds. The molecule has 4 nitrogen and oxygen atoms in total. The molecule has 2 aliphatic heterocycles. The second kappa shape index (κ2) is 6.86. The maximum Gasteiger partial charge on any atom is 0.180 e. The highest BCUT2D eigenvalue weighted by Gasteiger charge is 2.21. The van der Waals surface area contributed by atoms with Crippen LogP contribution < -0.4 is 14.8 Å². The molecule has 0 unspecified atom stereocenters. The van der Waals surface area contributed by atoms with E-state index in [1.807, 2.05) is 0 Å². The predicted molar refractivity (Wildman–Crippen MR) is 84.8 cm³/mol. The Labute approximate surface area is 131 Å². The molecule has 0 radical (unpaired) electrons. The molecule has 1 saturated heterocycles. The van der Waals surface area contributed by atoms with E-state index in [2.05, 4.69) is 23.2 Å². The molecule has 116 valence electrons. The summed E-state index contributed by atoms with van der Waals surface area (Å²) >= 11 is 6.52. The Morgan fingerprint density at radius 1 is 1.24 bits per heavy atom. The number of fused-ring (bicyclic) bond motifs is 1. The molecule has 5 heteroatoms. The van der Waals surface area contributed by atoms with Crippen LogP contribution in [0.25, 0.3) is 0 Å². The summed E-state index contributed by atoms with van der Waals surface area (Å²) in [7, 11) is 0. The second-order valence-corrected chi connectivity index (χ2v) is 5.93. The zero-order chi connectivity index (χ0) is 14.7. The average molecular weight is 311 g/mol. The third kappa shape index (κ3) is 3.28. The Balaban J connectivity index is 1.78. The minimum absolute atomic E-state index is 0.579. The third-order valence-corrected chi connectivity index (χ3v) is 4.63. The van der Waals surface area contributed by atoms with Gasteiger partial charge in [-0.1, -0.05) is 18.5 Å². The van der Waals surface area contributed by atoms with Gasteiger partial charge in [-0.25, -0.2) is 0 Å². The lowest BCUT2D eigenvalue weighted by molar-refractivity contribution is 0.171. The van der Waals surface area contributed by atoms with Gasteiger partial charge in [-0.05, 0) is 30.0 Å². The average Bonchev–Trinajstić information content (AvgIpc) is 2.54. The summed E-state index contributed by atoms with van der Waals surface area (Å²) in [6.07, 6.45) is 1.94. The van der Waals surface area contributed by atoms with Gasteiger partial charge >= 0.3 is 0 Å². The van der Waals surface area contributed by atoms with Crippen LogP contribution in [0.3, 0.4) is 0 Å². The van der Waals surface area contributed by atoms with Crippen LogP contribution in [0, 0.1) is 0 Å². The number of rotatable bonds is 4. The Morgan fingerprint density at radius 2 is 2.00 bits per heavy atom. The first-order chi connectivity index (χ1) is 10.3. The highest BCUT2D eigenvalue weighted by Crippen LogP contribution is 2.41. The number of ether oxygens (including phenoxy) is 2. The number of hydrogen-bond acceptors (Lipinski definition) is 4. The van der Waals surface area contributed by atoms with Crippen LogP contribution in [0.2, 0.25) is 5.02 Å². The van der Waals surface area contributed by atoms with Crippen molar-refractivity contribution in [3.63, 3.8) is 0 Å². The van der Waals surface area contributed by atoms with Crippen molar-refractivity contribution in [3.8, 4) is 11.5 Å². The molecular weight excluding hydrogens is 288 g/mol. The molecule has 3 rings (SSSR count). The fourth-order valence-electron chi connectivity index (χ4n) is 3.05. The first-order valence-electron chi connectivity index (χ1n) is 7.82. The number of halogens is 1. The van der Waals surface area contributed by atoms with Crippen molar-refractivity contribution < 1.29 is 9.47 Å². The molecule has 1 aromatic carbocycles. The van der Waals surface area contributed by atoms with Gasteiger partial charge in [0, 0.05) is 32.7 Å². The molecule has 0 bridgehead atoms. The van der Waals surface area contributed by atoms with Gasteiger partial charge in [-0.15, -0.1) is 0 Å². The molecule has 0 atom stereocenters. The van der Waals surface area contributed by atoms with Crippen molar-refractivity contribution in [2.75, 3.05) is 45.9 Å². The molecule has 1 fully saturated rings. The normalized spacial score (nSPS) is 18.8. The van der Waals surface area contributed by atoms with Gasteiger partial charge < -0.3 is 19.7 Å². The molecule has 0 saturated carbocycles. The SMILES string of the molecule is CCc1c(CCN2CCNCC2)cc2c(c1Cl)OCCO2. The van der Waals surface area contributed by atoms with Crippen molar-refractivity contribution in [3.05, 3.63) is 22.2 Å². The zero-order valence-corrected chi connectivity index (χ0v) is 13.3. The number of benzene rings is 1. The van der Waals surface area contributed by atoms with E-state index in [1.165, 1.54) is 11.1 Å². The summed E-state index contributed by atoms with van der Waals surface area (Å²) in [4.78, 5) is 2.50. The third-order valence-electron chi connectivity index (χ3n) is 4.23. The summed E-state index contributed by atoms with van der Waals surface area (Å²) in [5.74, 6) is 1.53. The van der Waals surface area contributed by atoms with E-state index >= 15 is 0 Å². The maximum absolute atomic E-state index is 6.52. The van der Waals surface area contributed by atoms with E-state index < -0.39 is 0 Å². The van der Waals surface area contributed by atoms with E-state index in [0.717, 1.165) is 62.1 Å². The quantitative estimate of drug-likeness (QED) is 0.923.